The Morgan fingerprint density at radius 1 is 1.37 bits per heavy atom. The molecule has 1 saturated carbocycles. The van der Waals surface area contributed by atoms with Crippen LogP contribution >= 0.6 is 0 Å². The van der Waals surface area contributed by atoms with Crippen molar-refractivity contribution in [3.05, 3.63) is 35.1 Å². The highest BCUT2D eigenvalue weighted by molar-refractivity contribution is 5.95. The van der Waals surface area contributed by atoms with E-state index in [1.807, 2.05) is 0 Å². The SMILES string of the molecule is CCN(C(=O)c1cc(C(F)(F)F)ccc1F)C1CC1. The topological polar surface area (TPSA) is 20.3 Å². The van der Waals surface area contributed by atoms with Gasteiger partial charge in [-0.15, -0.1) is 0 Å². The smallest absolute Gasteiger partial charge is 0.336 e. The Bertz CT molecular complexity index is 494. The van der Waals surface area contributed by atoms with Crippen LogP contribution in [0.4, 0.5) is 17.6 Å². The molecule has 1 fully saturated rings. The molecular weight excluding hydrogens is 262 g/mol. The van der Waals surface area contributed by atoms with Gasteiger partial charge in [0.1, 0.15) is 5.82 Å². The average molecular weight is 275 g/mol. The van der Waals surface area contributed by atoms with Crippen molar-refractivity contribution >= 4 is 5.91 Å². The summed E-state index contributed by atoms with van der Waals surface area (Å²) in [5, 5.41) is 0. The Labute approximate surface area is 108 Å². The second kappa shape index (κ2) is 4.83. The molecule has 1 aromatic carbocycles. The van der Waals surface area contributed by atoms with Crippen molar-refractivity contribution in [2.45, 2.75) is 32.0 Å². The minimum absolute atomic E-state index is 0.0337. The molecule has 1 aliphatic rings. The van der Waals surface area contributed by atoms with Gasteiger partial charge < -0.3 is 4.90 Å². The first-order valence-electron chi connectivity index (χ1n) is 6.02. The molecule has 2 nitrogen and oxygen atoms in total. The van der Waals surface area contributed by atoms with Gasteiger partial charge in [0.2, 0.25) is 0 Å². The normalized spacial score (nSPS) is 15.4. The standard InChI is InChI=1S/C13H13F4NO/c1-2-18(9-4-5-9)12(19)10-7-8(13(15,16)17)3-6-11(10)14/h3,6-7,9H,2,4-5H2,1H3. The molecular formula is C13H13F4NO. The fourth-order valence-electron chi connectivity index (χ4n) is 1.97. The van der Waals surface area contributed by atoms with Crippen LogP contribution in [0.2, 0.25) is 0 Å². The summed E-state index contributed by atoms with van der Waals surface area (Å²) >= 11 is 0. The van der Waals surface area contributed by atoms with Gasteiger partial charge in [-0.25, -0.2) is 4.39 Å². The number of amides is 1. The van der Waals surface area contributed by atoms with Gasteiger partial charge in [-0.1, -0.05) is 0 Å². The van der Waals surface area contributed by atoms with Crippen LogP contribution in [0, 0.1) is 5.82 Å². The maximum absolute atomic E-state index is 13.6. The lowest BCUT2D eigenvalue weighted by Gasteiger charge is -2.21. The number of nitrogens with zero attached hydrogens (tertiary/aromatic N) is 1. The van der Waals surface area contributed by atoms with E-state index in [-0.39, 0.29) is 6.04 Å². The summed E-state index contributed by atoms with van der Waals surface area (Å²) in [6, 6.07) is 1.95. The van der Waals surface area contributed by atoms with Gasteiger partial charge in [0.05, 0.1) is 11.1 Å². The maximum Gasteiger partial charge on any atom is 0.416 e. The highest BCUT2D eigenvalue weighted by Crippen LogP contribution is 2.32. The van der Waals surface area contributed by atoms with E-state index in [9.17, 15) is 22.4 Å². The van der Waals surface area contributed by atoms with Gasteiger partial charge in [-0.05, 0) is 38.0 Å². The highest BCUT2D eigenvalue weighted by atomic mass is 19.4. The monoisotopic (exact) mass is 275 g/mol. The van der Waals surface area contributed by atoms with E-state index in [0.29, 0.717) is 24.7 Å². The Hall–Kier alpha value is -1.59. The fraction of sp³-hybridized carbons (Fsp3) is 0.462. The average Bonchev–Trinajstić information content (AvgIpc) is 3.13. The summed E-state index contributed by atoms with van der Waals surface area (Å²) in [4.78, 5) is 13.5. The number of rotatable bonds is 3. The summed E-state index contributed by atoms with van der Waals surface area (Å²) in [5.41, 5.74) is -1.52. The fourth-order valence-corrected chi connectivity index (χ4v) is 1.97. The molecule has 0 radical (unpaired) electrons. The number of benzene rings is 1. The zero-order chi connectivity index (χ0) is 14.2. The maximum atomic E-state index is 13.6. The third-order valence-electron chi connectivity index (χ3n) is 3.11. The number of alkyl halides is 3. The third kappa shape index (κ3) is 2.88. The van der Waals surface area contributed by atoms with Crippen molar-refractivity contribution in [3.63, 3.8) is 0 Å². The van der Waals surface area contributed by atoms with Crippen LogP contribution in [-0.2, 0) is 6.18 Å². The number of hydrogen-bond donors (Lipinski definition) is 0. The van der Waals surface area contributed by atoms with Gasteiger partial charge in [-0.2, -0.15) is 13.2 Å². The molecule has 1 aliphatic carbocycles. The molecule has 6 heteroatoms. The molecule has 0 aromatic heterocycles. The van der Waals surface area contributed by atoms with Crippen LogP contribution in [-0.4, -0.2) is 23.4 Å². The molecule has 0 N–H and O–H groups in total. The lowest BCUT2D eigenvalue weighted by Crippen LogP contribution is -2.33. The summed E-state index contributed by atoms with van der Waals surface area (Å²) in [5.74, 6) is -1.59. The molecule has 0 heterocycles. The molecule has 2 rings (SSSR count). The number of halogens is 4. The summed E-state index contributed by atoms with van der Waals surface area (Å²) < 4.78 is 51.3. The lowest BCUT2D eigenvalue weighted by atomic mass is 10.1. The molecule has 0 atom stereocenters. The van der Waals surface area contributed by atoms with Crippen molar-refractivity contribution in [2.24, 2.45) is 0 Å². The van der Waals surface area contributed by atoms with Crippen LogP contribution in [0.1, 0.15) is 35.7 Å². The molecule has 0 unspecified atom stereocenters. The van der Waals surface area contributed by atoms with E-state index < -0.39 is 29.0 Å². The molecule has 1 aromatic rings. The summed E-state index contributed by atoms with van der Waals surface area (Å²) in [6.45, 7) is 2.08. The van der Waals surface area contributed by atoms with Gasteiger partial charge in [0.25, 0.3) is 5.91 Å². The van der Waals surface area contributed by atoms with Crippen LogP contribution in [0.15, 0.2) is 18.2 Å². The van der Waals surface area contributed by atoms with E-state index in [1.54, 1.807) is 6.92 Å². The molecule has 19 heavy (non-hydrogen) atoms. The van der Waals surface area contributed by atoms with E-state index in [2.05, 4.69) is 0 Å². The molecule has 104 valence electrons. The Balaban J connectivity index is 2.35. The quantitative estimate of drug-likeness (QED) is 0.773. The molecule has 0 saturated heterocycles. The molecule has 0 bridgehead atoms. The minimum Gasteiger partial charge on any atom is -0.336 e. The van der Waals surface area contributed by atoms with E-state index >= 15 is 0 Å². The van der Waals surface area contributed by atoms with Gasteiger partial charge in [0.15, 0.2) is 0 Å². The first-order chi connectivity index (χ1) is 8.84. The third-order valence-corrected chi connectivity index (χ3v) is 3.11. The zero-order valence-corrected chi connectivity index (χ0v) is 10.3. The van der Waals surface area contributed by atoms with Crippen molar-refractivity contribution in [1.29, 1.82) is 0 Å². The lowest BCUT2D eigenvalue weighted by molar-refractivity contribution is -0.137. The van der Waals surface area contributed by atoms with Gasteiger partial charge in [0, 0.05) is 12.6 Å². The first-order valence-corrected chi connectivity index (χ1v) is 6.02. The van der Waals surface area contributed by atoms with Crippen LogP contribution in [0.25, 0.3) is 0 Å². The van der Waals surface area contributed by atoms with Gasteiger partial charge in [-0.3, -0.25) is 4.79 Å². The number of hydrogen-bond acceptors (Lipinski definition) is 1. The predicted octanol–water partition coefficient (Wildman–Crippen LogP) is 3.47. The minimum atomic E-state index is -4.58. The van der Waals surface area contributed by atoms with Crippen molar-refractivity contribution in [1.82, 2.24) is 4.90 Å². The summed E-state index contributed by atoms with van der Waals surface area (Å²) in [7, 11) is 0. The highest BCUT2D eigenvalue weighted by Gasteiger charge is 2.35. The second-order valence-corrected chi connectivity index (χ2v) is 4.51. The zero-order valence-electron chi connectivity index (χ0n) is 10.3. The molecule has 0 spiro atoms. The predicted molar refractivity (Wildman–Crippen MR) is 61.1 cm³/mol. The molecule has 1 amide bonds. The number of carbonyl (C=O) groups is 1. The van der Waals surface area contributed by atoms with Crippen molar-refractivity contribution in [3.8, 4) is 0 Å². The Kier molecular flexibility index (Phi) is 3.52. The molecule has 0 aliphatic heterocycles. The van der Waals surface area contributed by atoms with Crippen molar-refractivity contribution in [2.75, 3.05) is 6.54 Å². The Morgan fingerprint density at radius 2 is 2.00 bits per heavy atom. The van der Waals surface area contributed by atoms with Crippen LogP contribution < -0.4 is 0 Å². The largest absolute Gasteiger partial charge is 0.416 e. The summed E-state index contributed by atoms with van der Waals surface area (Å²) in [6.07, 6.45) is -2.94. The van der Waals surface area contributed by atoms with Gasteiger partial charge >= 0.3 is 6.18 Å². The van der Waals surface area contributed by atoms with E-state index in [4.69, 9.17) is 0 Å². The first kappa shape index (κ1) is 13.8. The van der Waals surface area contributed by atoms with Crippen LogP contribution in [0.5, 0.6) is 0 Å². The Morgan fingerprint density at radius 3 is 2.47 bits per heavy atom. The number of carbonyl (C=O) groups excluding carboxylic acids is 1. The van der Waals surface area contributed by atoms with E-state index in [1.165, 1.54) is 4.90 Å². The van der Waals surface area contributed by atoms with E-state index in [0.717, 1.165) is 12.8 Å². The second-order valence-electron chi connectivity index (χ2n) is 4.51. The van der Waals surface area contributed by atoms with Crippen molar-refractivity contribution < 1.29 is 22.4 Å². The van der Waals surface area contributed by atoms with Crippen LogP contribution in [0.3, 0.4) is 0 Å².